The largest absolute Gasteiger partial charge is 0.497 e. The van der Waals surface area contributed by atoms with Crippen LogP contribution in [0.1, 0.15) is 49.1 Å². The summed E-state index contributed by atoms with van der Waals surface area (Å²) in [5, 5.41) is 0. The lowest BCUT2D eigenvalue weighted by molar-refractivity contribution is -0.143. The molecule has 0 spiro atoms. The van der Waals surface area contributed by atoms with Crippen LogP contribution in [0, 0.1) is 0 Å². The normalized spacial score (nSPS) is 22.9. The summed E-state index contributed by atoms with van der Waals surface area (Å²) in [7, 11) is 3.09. The van der Waals surface area contributed by atoms with E-state index in [2.05, 4.69) is 24.3 Å². The Morgan fingerprint density at radius 3 is 2.57 bits per heavy atom. The molecule has 7 heteroatoms. The van der Waals surface area contributed by atoms with Crippen LogP contribution in [0.4, 0.5) is 0 Å². The Labute approximate surface area is 207 Å². The molecule has 2 aliphatic heterocycles. The number of ether oxygens (including phenoxy) is 2. The minimum absolute atomic E-state index is 0.0328. The molecule has 0 N–H and O–H groups in total. The molecule has 35 heavy (non-hydrogen) atoms. The monoisotopic (exact) mass is 478 g/mol. The van der Waals surface area contributed by atoms with Gasteiger partial charge < -0.3 is 14.4 Å². The third kappa shape index (κ3) is 5.25. The Kier molecular flexibility index (Phi) is 7.86. The zero-order valence-electron chi connectivity index (χ0n) is 20.6. The van der Waals surface area contributed by atoms with Crippen molar-refractivity contribution in [2.45, 2.75) is 43.4 Å². The highest BCUT2D eigenvalue weighted by Gasteiger charge is 2.54. The van der Waals surface area contributed by atoms with Gasteiger partial charge in [0.25, 0.3) is 0 Å². The van der Waals surface area contributed by atoms with E-state index in [4.69, 9.17) is 9.47 Å². The molecule has 0 aromatic heterocycles. The number of imide groups is 1. The highest BCUT2D eigenvalue weighted by atomic mass is 16.5. The van der Waals surface area contributed by atoms with E-state index in [0.29, 0.717) is 30.3 Å². The van der Waals surface area contributed by atoms with E-state index in [1.807, 2.05) is 17.0 Å². The number of nitrogens with zero attached hydrogens (tertiary/aromatic N) is 2. The van der Waals surface area contributed by atoms with Crippen LogP contribution in [-0.2, 0) is 24.5 Å². The highest BCUT2D eigenvalue weighted by Crippen LogP contribution is 2.41. The van der Waals surface area contributed by atoms with Gasteiger partial charge in [-0.25, -0.2) is 0 Å². The lowest BCUT2D eigenvalue weighted by Gasteiger charge is -2.30. The average molecular weight is 479 g/mol. The van der Waals surface area contributed by atoms with Gasteiger partial charge in [-0.3, -0.25) is 19.3 Å². The molecule has 7 nitrogen and oxygen atoms in total. The summed E-state index contributed by atoms with van der Waals surface area (Å²) in [5.41, 5.74) is 0.710. The molecule has 2 heterocycles. The topological polar surface area (TPSA) is 76.2 Å². The van der Waals surface area contributed by atoms with Crippen molar-refractivity contribution >= 4 is 17.7 Å². The predicted molar refractivity (Wildman–Crippen MR) is 132 cm³/mol. The van der Waals surface area contributed by atoms with Crippen molar-refractivity contribution in [3.63, 3.8) is 0 Å². The zero-order chi connectivity index (χ0) is 24.8. The molecular weight excluding hydrogens is 444 g/mol. The maximum Gasteiger partial charge on any atom is 0.240 e. The van der Waals surface area contributed by atoms with Crippen molar-refractivity contribution in [3.8, 4) is 5.75 Å². The SMILES string of the molecule is COCCN1C(=O)C[C@](CC(=O)N2CCC[C@@H](c3ccccc3)CC2)(c2cccc(OC)c2)C1=O. The summed E-state index contributed by atoms with van der Waals surface area (Å²) >= 11 is 0. The molecule has 2 aromatic carbocycles. The predicted octanol–water partition coefficient (Wildman–Crippen LogP) is 3.52. The van der Waals surface area contributed by atoms with Crippen molar-refractivity contribution < 1.29 is 23.9 Å². The number of carbonyl (C=O) groups is 3. The fraction of sp³-hybridized carbons (Fsp3) is 0.464. The minimum atomic E-state index is -1.23. The van der Waals surface area contributed by atoms with Crippen LogP contribution < -0.4 is 4.74 Å². The molecule has 2 saturated heterocycles. The summed E-state index contributed by atoms with van der Waals surface area (Å²) in [6.45, 7) is 1.73. The molecule has 2 aromatic rings. The first-order valence-electron chi connectivity index (χ1n) is 12.3. The van der Waals surface area contributed by atoms with Gasteiger partial charge in [0.15, 0.2) is 0 Å². The maximum atomic E-state index is 13.7. The molecule has 186 valence electrons. The third-order valence-corrected chi connectivity index (χ3v) is 7.35. The van der Waals surface area contributed by atoms with Gasteiger partial charge in [0.2, 0.25) is 17.7 Å². The second-order valence-corrected chi connectivity index (χ2v) is 9.43. The van der Waals surface area contributed by atoms with Crippen LogP contribution >= 0.6 is 0 Å². The van der Waals surface area contributed by atoms with Gasteiger partial charge >= 0.3 is 0 Å². The first-order valence-corrected chi connectivity index (χ1v) is 12.3. The molecular formula is C28H34N2O5. The van der Waals surface area contributed by atoms with E-state index in [-0.39, 0.29) is 43.7 Å². The van der Waals surface area contributed by atoms with Gasteiger partial charge in [-0.05, 0) is 48.4 Å². The van der Waals surface area contributed by atoms with Gasteiger partial charge in [0.1, 0.15) is 5.75 Å². The van der Waals surface area contributed by atoms with Crippen LogP contribution in [0.25, 0.3) is 0 Å². The molecule has 2 fully saturated rings. The van der Waals surface area contributed by atoms with Crippen LogP contribution in [0.2, 0.25) is 0 Å². The Hall–Kier alpha value is -3.19. The number of methoxy groups -OCH3 is 2. The summed E-state index contributed by atoms with van der Waals surface area (Å²) in [6, 6.07) is 17.6. The third-order valence-electron chi connectivity index (χ3n) is 7.35. The number of hydrogen-bond donors (Lipinski definition) is 0. The molecule has 0 radical (unpaired) electrons. The maximum absolute atomic E-state index is 13.7. The number of carbonyl (C=O) groups excluding carboxylic acids is 3. The first kappa shape index (κ1) is 24.9. The summed E-state index contributed by atoms with van der Waals surface area (Å²) in [5.74, 6) is 0.308. The first-order chi connectivity index (χ1) is 17.0. The van der Waals surface area contributed by atoms with Crippen LogP contribution in [0.5, 0.6) is 5.75 Å². The summed E-state index contributed by atoms with van der Waals surface area (Å²) < 4.78 is 10.5. The molecule has 2 atom stereocenters. The van der Waals surface area contributed by atoms with Gasteiger partial charge in [-0.15, -0.1) is 0 Å². The summed E-state index contributed by atoms with van der Waals surface area (Å²) in [6.07, 6.45) is 2.75. The molecule has 3 amide bonds. The average Bonchev–Trinajstić information content (AvgIpc) is 3.04. The van der Waals surface area contributed by atoms with Crippen LogP contribution in [0.3, 0.4) is 0 Å². The molecule has 0 saturated carbocycles. The van der Waals surface area contributed by atoms with Crippen molar-refractivity contribution in [1.29, 1.82) is 0 Å². The molecule has 0 bridgehead atoms. The standard InChI is InChI=1S/C28H34N2O5/c1-34-17-16-30-26(32)20-28(27(30)33,23-11-6-12-24(18-23)35-2)19-25(31)29-14-7-10-22(13-15-29)21-8-4-3-5-9-21/h3-6,8-9,11-12,18,22H,7,10,13-17,19-20H2,1-2H3/t22-,28-/m1/s1. The number of benzene rings is 2. The molecule has 0 aliphatic carbocycles. The zero-order valence-corrected chi connectivity index (χ0v) is 20.6. The van der Waals surface area contributed by atoms with Gasteiger partial charge in [0, 0.05) is 33.0 Å². The lowest BCUT2D eigenvalue weighted by atomic mass is 9.75. The van der Waals surface area contributed by atoms with E-state index in [1.54, 1.807) is 25.3 Å². The summed E-state index contributed by atoms with van der Waals surface area (Å²) in [4.78, 5) is 43.4. The van der Waals surface area contributed by atoms with Crippen LogP contribution in [0.15, 0.2) is 54.6 Å². The van der Waals surface area contributed by atoms with Crippen molar-refractivity contribution in [2.75, 3.05) is 40.5 Å². The number of hydrogen-bond acceptors (Lipinski definition) is 5. The molecule has 4 rings (SSSR count). The van der Waals surface area contributed by atoms with E-state index in [1.165, 1.54) is 17.6 Å². The minimum Gasteiger partial charge on any atom is -0.497 e. The second kappa shape index (κ2) is 11.0. The van der Waals surface area contributed by atoms with E-state index < -0.39 is 5.41 Å². The van der Waals surface area contributed by atoms with Gasteiger partial charge in [-0.1, -0.05) is 42.5 Å². The van der Waals surface area contributed by atoms with Crippen molar-refractivity contribution in [1.82, 2.24) is 9.80 Å². The molecule has 2 aliphatic rings. The smallest absolute Gasteiger partial charge is 0.240 e. The van der Waals surface area contributed by atoms with Crippen molar-refractivity contribution in [3.05, 3.63) is 65.7 Å². The van der Waals surface area contributed by atoms with E-state index >= 15 is 0 Å². The van der Waals surface area contributed by atoms with Crippen molar-refractivity contribution in [2.24, 2.45) is 0 Å². The fourth-order valence-corrected chi connectivity index (χ4v) is 5.37. The highest BCUT2D eigenvalue weighted by molar-refractivity contribution is 6.10. The van der Waals surface area contributed by atoms with E-state index in [0.717, 1.165) is 19.3 Å². The Bertz CT molecular complexity index is 1060. The number of rotatable bonds is 8. The fourth-order valence-electron chi connectivity index (χ4n) is 5.37. The Morgan fingerprint density at radius 1 is 1.03 bits per heavy atom. The quantitative estimate of drug-likeness (QED) is 0.543. The Balaban J connectivity index is 1.57. The van der Waals surface area contributed by atoms with Gasteiger partial charge in [-0.2, -0.15) is 0 Å². The second-order valence-electron chi connectivity index (χ2n) is 9.43. The van der Waals surface area contributed by atoms with E-state index in [9.17, 15) is 14.4 Å². The number of amides is 3. The van der Waals surface area contributed by atoms with Gasteiger partial charge in [0.05, 0.1) is 25.7 Å². The Morgan fingerprint density at radius 2 is 1.83 bits per heavy atom. The number of likely N-dealkylation sites (tertiary alicyclic amines) is 2. The lowest BCUT2D eigenvalue weighted by Crippen LogP contribution is -2.44. The molecule has 0 unspecified atom stereocenters. The van der Waals surface area contributed by atoms with Crippen LogP contribution in [-0.4, -0.2) is 68.0 Å².